The summed E-state index contributed by atoms with van der Waals surface area (Å²) in [5.41, 5.74) is 0.596. The van der Waals surface area contributed by atoms with Gasteiger partial charge in [-0.2, -0.15) is 13.2 Å². The molecular formula is C26H27F4N3O3S. The Hall–Kier alpha value is -3.31. The summed E-state index contributed by atoms with van der Waals surface area (Å²) in [6.07, 6.45) is -3.19. The largest absolute Gasteiger partial charge is 0.494 e. The standard InChI is InChI=1S/C26H27F4N3O3S/c1-4-36-21-10-7-17(8-11-21)24-20(9-12-23(33-24)26(28,29)30)14-31-25(34)16(2)18-5-6-19(22(27)13-18)15-32-37(3)35/h5-13,16,32H,4,14-15H2,1-3H3,(H,31,34). The molecule has 0 bridgehead atoms. The quantitative estimate of drug-likeness (QED) is 0.353. The number of carbonyl (C=O) groups excluding carboxylic acids is 1. The number of halogens is 4. The van der Waals surface area contributed by atoms with E-state index in [1.807, 2.05) is 6.92 Å². The molecule has 3 aromatic rings. The Morgan fingerprint density at radius 1 is 1.05 bits per heavy atom. The maximum atomic E-state index is 14.4. The van der Waals surface area contributed by atoms with Crippen LogP contribution in [0.4, 0.5) is 17.6 Å². The zero-order chi connectivity index (χ0) is 27.2. The van der Waals surface area contributed by atoms with Crippen LogP contribution in [0.5, 0.6) is 5.75 Å². The number of rotatable bonds is 10. The van der Waals surface area contributed by atoms with Crippen molar-refractivity contribution in [2.75, 3.05) is 12.9 Å². The van der Waals surface area contributed by atoms with E-state index in [1.165, 1.54) is 24.5 Å². The van der Waals surface area contributed by atoms with Crippen LogP contribution in [0.3, 0.4) is 0 Å². The third kappa shape index (κ3) is 7.59. The minimum atomic E-state index is -4.63. The normalized spacial score (nSPS) is 13.2. The summed E-state index contributed by atoms with van der Waals surface area (Å²) >= 11 is 0. The monoisotopic (exact) mass is 537 g/mol. The summed E-state index contributed by atoms with van der Waals surface area (Å²) in [6, 6.07) is 13.0. The van der Waals surface area contributed by atoms with Gasteiger partial charge in [-0.3, -0.25) is 4.79 Å². The molecule has 0 radical (unpaired) electrons. The topological polar surface area (TPSA) is 80.3 Å². The van der Waals surface area contributed by atoms with Crippen molar-refractivity contribution in [3.63, 3.8) is 0 Å². The second-order valence-corrected chi connectivity index (χ2v) is 9.42. The highest BCUT2D eigenvalue weighted by Crippen LogP contribution is 2.32. The van der Waals surface area contributed by atoms with Gasteiger partial charge in [0.2, 0.25) is 5.91 Å². The van der Waals surface area contributed by atoms with Crippen molar-refractivity contribution < 1.29 is 31.3 Å². The molecule has 2 atom stereocenters. The number of benzene rings is 2. The van der Waals surface area contributed by atoms with Gasteiger partial charge < -0.3 is 10.1 Å². The molecule has 0 saturated heterocycles. The molecule has 0 aliphatic rings. The molecule has 6 nitrogen and oxygen atoms in total. The van der Waals surface area contributed by atoms with Crippen LogP contribution < -0.4 is 14.8 Å². The number of alkyl halides is 3. The molecular weight excluding hydrogens is 510 g/mol. The number of nitrogens with zero attached hydrogens (tertiary/aromatic N) is 1. The predicted molar refractivity (Wildman–Crippen MR) is 133 cm³/mol. The van der Waals surface area contributed by atoms with Crippen LogP contribution in [0.15, 0.2) is 54.6 Å². The van der Waals surface area contributed by atoms with Gasteiger partial charge in [0, 0.05) is 30.5 Å². The first kappa shape index (κ1) is 28.3. The van der Waals surface area contributed by atoms with Gasteiger partial charge >= 0.3 is 6.18 Å². The lowest BCUT2D eigenvalue weighted by Gasteiger charge is -2.16. The lowest BCUT2D eigenvalue weighted by Crippen LogP contribution is -2.28. The number of hydrogen-bond donors (Lipinski definition) is 2. The van der Waals surface area contributed by atoms with Crippen molar-refractivity contribution in [1.29, 1.82) is 0 Å². The molecule has 0 aliphatic heterocycles. The van der Waals surface area contributed by atoms with E-state index in [0.717, 1.165) is 6.07 Å². The minimum Gasteiger partial charge on any atom is -0.494 e. The average molecular weight is 538 g/mol. The number of amides is 1. The third-order valence-electron chi connectivity index (χ3n) is 5.60. The number of ether oxygens (including phenoxy) is 1. The van der Waals surface area contributed by atoms with Crippen LogP contribution in [0.25, 0.3) is 11.3 Å². The van der Waals surface area contributed by atoms with E-state index in [2.05, 4.69) is 15.0 Å². The van der Waals surface area contributed by atoms with Crippen molar-refractivity contribution in [3.8, 4) is 17.0 Å². The minimum absolute atomic E-state index is 0.0745. The number of pyridine rings is 1. The zero-order valence-electron chi connectivity index (χ0n) is 20.5. The molecule has 3 rings (SSSR count). The van der Waals surface area contributed by atoms with E-state index in [4.69, 9.17) is 4.74 Å². The molecule has 0 spiro atoms. The molecule has 2 aromatic carbocycles. The number of carbonyl (C=O) groups is 1. The summed E-state index contributed by atoms with van der Waals surface area (Å²) in [7, 11) is -1.30. The van der Waals surface area contributed by atoms with Crippen molar-refractivity contribution in [2.45, 2.75) is 39.0 Å². The van der Waals surface area contributed by atoms with Crippen molar-refractivity contribution >= 4 is 16.9 Å². The molecule has 0 fully saturated rings. The second kappa shape index (κ2) is 12.3. The zero-order valence-corrected chi connectivity index (χ0v) is 21.3. The lowest BCUT2D eigenvalue weighted by atomic mass is 9.98. The first-order chi connectivity index (χ1) is 17.5. The summed E-state index contributed by atoms with van der Waals surface area (Å²) in [6.45, 7) is 3.86. The molecule has 0 saturated carbocycles. The molecule has 2 unspecified atom stereocenters. The highest BCUT2D eigenvalue weighted by molar-refractivity contribution is 7.82. The van der Waals surface area contributed by atoms with E-state index in [9.17, 15) is 26.6 Å². The number of hydrogen-bond acceptors (Lipinski definition) is 4. The Bertz CT molecular complexity index is 1270. The van der Waals surface area contributed by atoms with Gasteiger partial charge in [-0.1, -0.05) is 18.2 Å². The molecule has 0 aliphatic carbocycles. The third-order valence-corrected chi connectivity index (χ3v) is 6.15. The van der Waals surface area contributed by atoms with Crippen LogP contribution in [0, 0.1) is 5.82 Å². The van der Waals surface area contributed by atoms with Crippen molar-refractivity contribution in [2.24, 2.45) is 0 Å². The first-order valence-electron chi connectivity index (χ1n) is 11.4. The van der Waals surface area contributed by atoms with E-state index in [-0.39, 0.29) is 18.8 Å². The molecule has 1 heterocycles. The Morgan fingerprint density at radius 2 is 1.73 bits per heavy atom. The van der Waals surface area contributed by atoms with Crippen molar-refractivity contribution in [3.05, 3.63) is 82.8 Å². The molecule has 37 heavy (non-hydrogen) atoms. The molecule has 1 amide bonds. The maximum absolute atomic E-state index is 14.4. The van der Waals surface area contributed by atoms with Gasteiger partial charge in [-0.05, 0) is 61.4 Å². The Balaban J connectivity index is 1.79. The van der Waals surface area contributed by atoms with Crippen LogP contribution >= 0.6 is 0 Å². The van der Waals surface area contributed by atoms with Gasteiger partial charge in [0.1, 0.15) is 17.3 Å². The van der Waals surface area contributed by atoms with Crippen LogP contribution in [-0.2, 0) is 35.0 Å². The fourth-order valence-corrected chi connectivity index (χ4v) is 3.92. The molecule has 1 aromatic heterocycles. The Morgan fingerprint density at radius 3 is 2.32 bits per heavy atom. The maximum Gasteiger partial charge on any atom is 0.433 e. The average Bonchev–Trinajstić information content (AvgIpc) is 2.86. The Labute approximate surface area is 215 Å². The summed E-state index contributed by atoms with van der Waals surface area (Å²) in [5.74, 6) is -1.13. The van der Waals surface area contributed by atoms with Gasteiger partial charge in [-0.15, -0.1) is 0 Å². The lowest BCUT2D eigenvalue weighted by molar-refractivity contribution is -0.141. The summed E-state index contributed by atoms with van der Waals surface area (Å²) in [4.78, 5) is 16.6. The Kier molecular flexibility index (Phi) is 9.39. The fourth-order valence-electron chi connectivity index (χ4n) is 3.56. The van der Waals surface area contributed by atoms with Gasteiger partial charge in [0.15, 0.2) is 0 Å². The van der Waals surface area contributed by atoms with Gasteiger partial charge in [0.05, 0.1) is 29.2 Å². The van der Waals surface area contributed by atoms with E-state index in [0.29, 0.717) is 34.6 Å². The van der Waals surface area contributed by atoms with Gasteiger partial charge in [-0.25, -0.2) is 18.3 Å². The van der Waals surface area contributed by atoms with Crippen LogP contribution in [0.2, 0.25) is 0 Å². The highest BCUT2D eigenvalue weighted by Gasteiger charge is 2.33. The van der Waals surface area contributed by atoms with Gasteiger partial charge in [0.25, 0.3) is 0 Å². The fraction of sp³-hybridized carbons (Fsp3) is 0.308. The number of aromatic nitrogens is 1. The van der Waals surface area contributed by atoms with E-state index < -0.39 is 40.5 Å². The van der Waals surface area contributed by atoms with E-state index in [1.54, 1.807) is 37.3 Å². The summed E-state index contributed by atoms with van der Waals surface area (Å²) < 4.78 is 73.6. The summed E-state index contributed by atoms with van der Waals surface area (Å²) in [5, 5.41) is 2.71. The predicted octanol–water partition coefficient (Wildman–Crippen LogP) is 5.11. The molecule has 198 valence electrons. The van der Waals surface area contributed by atoms with E-state index >= 15 is 0 Å². The van der Waals surface area contributed by atoms with Crippen LogP contribution in [-0.4, -0.2) is 28.0 Å². The number of nitrogens with one attached hydrogen (secondary N) is 2. The smallest absolute Gasteiger partial charge is 0.433 e. The highest BCUT2D eigenvalue weighted by atomic mass is 32.2. The SMILES string of the molecule is CCOc1ccc(-c2nc(C(F)(F)F)ccc2CNC(=O)C(C)c2ccc(CNS(C)=O)c(F)c2)cc1. The van der Waals surface area contributed by atoms with Crippen LogP contribution in [0.1, 0.15) is 42.1 Å². The van der Waals surface area contributed by atoms with Crippen molar-refractivity contribution in [1.82, 2.24) is 15.0 Å². The second-order valence-electron chi connectivity index (χ2n) is 8.22. The first-order valence-corrected chi connectivity index (χ1v) is 13.0. The molecule has 11 heteroatoms. The molecule has 2 N–H and O–H groups in total.